The van der Waals surface area contributed by atoms with Gasteiger partial charge in [-0.1, -0.05) is 48.0 Å². The topological polar surface area (TPSA) is 63.5 Å². The van der Waals surface area contributed by atoms with Crippen LogP contribution in [0.2, 0.25) is 5.15 Å². The molecule has 0 spiro atoms. The summed E-state index contributed by atoms with van der Waals surface area (Å²) in [7, 11) is 1.83. The Labute approximate surface area is 193 Å². The Hall–Kier alpha value is -2.74. The van der Waals surface area contributed by atoms with Crippen LogP contribution in [0, 0.1) is 6.92 Å². The summed E-state index contributed by atoms with van der Waals surface area (Å²) in [5, 5.41) is 5.01. The molecule has 1 aliphatic rings. The smallest absolute Gasteiger partial charge is 0.237 e. The molecule has 7 nitrogen and oxygen atoms in total. The fraction of sp³-hybridized carbons (Fsp3) is 0.375. The fourth-order valence-corrected chi connectivity index (χ4v) is 4.24. The van der Waals surface area contributed by atoms with Crippen molar-refractivity contribution in [2.75, 3.05) is 19.6 Å². The van der Waals surface area contributed by atoms with Crippen molar-refractivity contribution >= 4 is 17.5 Å². The summed E-state index contributed by atoms with van der Waals surface area (Å²) < 4.78 is 7.96. The average Bonchev–Trinajstić information content (AvgIpc) is 2.94. The van der Waals surface area contributed by atoms with Gasteiger partial charge in [-0.2, -0.15) is 5.10 Å². The Morgan fingerprint density at radius 1 is 1.09 bits per heavy atom. The van der Waals surface area contributed by atoms with Gasteiger partial charge >= 0.3 is 0 Å². The van der Waals surface area contributed by atoms with E-state index < -0.39 is 0 Å². The van der Waals surface area contributed by atoms with E-state index in [9.17, 15) is 4.79 Å². The summed E-state index contributed by atoms with van der Waals surface area (Å²) in [6.07, 6.45) is 3.41. The molecular weight excluding hydrogens is 426 g/mol. The number of aryl methyl sites for hydroxylation is 2. The SMILES string of the molecule is Cc1nn(C)c(Cl)c1CN1CC(=O)N(Cc2cccnc2)CC(OCc2ccccc2)C1. The number of pyridine rings is 1. The third-order valence-electron chi connectivity index (χ3n) is 5.67. The summed E-state index contributed by atoms with van der Waals surface area (Å²) in [5.41, 5.74) is 3.94. The van der Waals surface area contributed by atoms with Crippen LogP contribution in [0.3, 0.4) is 0 Å². The van der Waals surface area contributed by atoms with Gasteiger partial charge in [-0.15, -0.1) is 0 Å². The van der Waals surface area contributed by atoms with E-state index >= 15 is 0 Å². The first-order chi connectivity index (χ1) is 15.5. The average molecular weight is 454 g/mol. The molecule has 32 heavy (non-hydrogen) atoms. The van der Waals surface area contributed by atoms with Crippen molar-refractivity contribution in [3.05, 3.63) is 82.4 Å². The lowest BCUT2D eigenvalue weighted by molar-refractivity contribution is -0.132. The molecule has 0 N–H and O–H groups in total. The number of nitrogens with zero attached hydrogens (tertiary/aromatic N) is 5. The van der Waals surface area contributed by atoms with Crippen LogP contribution in [0.4, 0.5) is 0 Å². The minimum atomic E-state index is -0.130. The lowest BCUT2D eigenvalue weighted by atomic mass is 10.2. The molecule has 1 amide bonds. The highest BCUT2D eigenvalue weighted by Crippen LogP contribution is 2.22. The molecule has 1 fully saturated rings. The van der Waals surface area contributed by atoms with Gasteiger partial charge in [0.1, 0.15) is 5.15 Å². The van der Waals surface area contributed by atoms with Gasteiger partial charge in [-0.25, -0.2) is 0 Å². The molecule has 2 aromatic heterocycles. The van der Waals surface area contributed by atoms with Crippen LogP contribution in [0.15, 0.2) is 54.9 Å². The van der Waals surface area contributed by atoms with Gasteiger partial charge in [0.2, 0.25) is 5.91 Å². The lowest BCUT2D eigenvalue weighted by Gasteiger charge is -2.25. The zero-order valence-electron chi connectivity index (χ0n) is 18.4. The monoisotopic (exact) mass is 453 g/mol. The van der Waals surface area contributed by atoms with Gasteiger partial charge < -0.3 is 9.64 Å². The first kappa shape index (κ1) is 22.5. The van der Waals surface area contributed by atoms with Crippen LogP contribution in [0.1, 0.15) is 22.4 Å². The lowest BCUT2D eigenvalue weighted by Crippen LogP contribution is -2.37. The molecule has 0 aliphatic carbocycles. The van der Waals surface area contributed by atoms with Crippen LogP contribution in [-0.2, 0) is 36.3 Å². The van der Waals surface area contributed by atoms with Crippen LogP contribution >= 0.6 is 11.6 Å². The Bertz CT molecular complexity index is 1040. The number of carbonyl (C=O) groups excluding carboxylic acids is 1. The van der Waals surface area contributed by atoms with E-state index in [1.54, 1.807) is 17.1 Å². The maximum Gasteiger partial charge on any atom is 0.237 e. The van der Waals surface area contributed by atoms with Crippen molar-refractivity contribution in [1.29, 1.82) is 0 Å². The van der Waals surface area contributed by atoms with E-state index in [-0.39, 0.29) is 12.0 Å². The molecule has 3 heterocycles. The molecule has 4 rings (SSSR count). The van der Waals surface area contributed by atoms with E-state index in [0.717, 1.165) is 22.4 Å². The molecule has 3 aromatic rings. The maximum atomic E-state index is 13.2. The number of rotatable bonds is 7. The number of hydrogen-bond donors (Lipinski definition) is 0. The van der Waals surface area contributed by atoms with Gasteiger partial charge in [0.05, 0.1) is 24.9 Å². The van der Waals surface area contributed by atoms with Crippen molar-refractivity contribution in [3.63, 3.8) is 0 Å². The predicted molar refractivity (Wildman–Crippen MR) is 123 cm³/mol. The molecule has 1 aliphatic heterocycles. The van der Waals surface area contributed by atoms with Gasteiger partial charge in [-0.3, -0.25) is 19.4 Å². The van der Waals surface area contributed by atoms with Gasteiger partial charge in [0, 0.05) is 51.2 Å². The number of aromatic nitrogens is 3. The van der Waals surface area contributed by atoms with Crippen molar-refractivity contribution in [1.82, 2.24) is 24.6 Å². The molecule has 168 valence electrons. The Kier molecular flexibility index (Phi) is 7.19. The van der Waals surface area contributed by atoms with E-state index in [0.29, 0.717) is 44.5 Å². The Balaban J connectivity index is 1.52. The minimum absolute atomic E-state index is 0.0670. The van der Waals surface area contributed by atoms with Crippen LogP contribution in [0.25, 0.3) is 0 Å². The highest BCUT2D eigenvalue weighted by atomic mass is 35.5. The quantitative estimate of drug-likeness (QED) is 0.549. The van der Waals surface area contributed by atoms with E-state index in [1.165, 1.54) is 0 Å². The zero-order valence-corrected chi connectivity index (χ0v) is 19.2. The molecule has 1 atom stereocenters. The zero-order chi connectivity index (χ0) is 22.5. The summed E-state index contributed by atoms with van der Waals surface area (Å²) in [6.45, 7) is 4.97. The Morgan fingerprint density at radius 3 is 2.56 bits per heavy atom. The second kappa shape index (κ2) is 10.3. The number of amides is 1. The number of carbonyl (C=O) groups is 1. The van der Waals surface area contributed by atoms with Crippen molar-refractivity contribution < 1.29 is 9.53 Å². The molecule has 0 saturated carbocycles. The predicted octanol–water partition coefficient (Wildman–Crippen LogP) is 3.21. The summed E-state index contributed by atoms with van der Waals surface area (Å²) in [5.74, 6) is 0.0670. The first-order valence-corrected chi connectivity index (χ1v) is 11.1. The first-order valence-electron chi connectivity index (χ1n) is 10.7. The molecule has 1 aromatic carbocycles. The highest BCUT2D eigenvalue weighted by molar-refractivity contribution is 6.30. The molecule has 8 heteroatoms. The third kappa shape index (κ3) is 5.54. The van der Waals surface area contributed by atoms with Gasteiger partial charge in [0.25, 0.3) is 0 Å². The number of ether oxygens (including phenoxy) is 1. The van der Waals surface area contributed by atoms with Gasteiger partial charge in [-0.05, 0) is 24.1 Å². The summed E-state index contributed by atoms with van der Waals surface area (Å²) >= 11 is 6.46. The second-order valence-corrected chi connectivity index (χ2v) is 8.56. The summed E-state index contributed by atoms with van der Waals surface area (Å²) in [4.78, 5) is 21.3. The number of benzene rings is 1. The molecule has 0 bridgehead atoms. The minimum Gasteiger partial charge on any atom is -0.370 e. The number of halogens is 1. The van der Waals surface area contributed by atoms with Crippen molar-refractivity contribution in [3.8, 4) is 0 Å². The van der Waals surface area contributed by atoms with Crippen LogP contribution in [-0.4, -0.2) is 56.2 Å². The standard InChI is InChI=1S/C24H28ClN5O2/c1-18-22(24(25)28(2)27-18)15-29-13-21(32-17-19-7-4-3-5-8-19)14-30(23(31)16-29)12-20-9-6-10-26-11-20/h3-11,21H,12-17H2,1-2H3. The van der Waals surface area contributed by atoms with Crippen molar-refractivity contribution in [2.45, 2.75) is 32.7 Å². The normalized spacial score (nSPS) is 17.5. The molecule has 1 saturated heterocycles. The number of hydrogen-bond acceptors (Lipinski definition) is 5. The Morgan fingerprint density at radius 2 is 1.88 bits per heavy atom. The molecular formula is C24H28ClN5O2. The maximum absolute atomic E-state index is 13.2. The fourth-order valence-electron chi connectivity index (χ4n) is 4.01. The largest absolute Gasteiger partial charge is 0.370 e. The van der Waals surface area contributed by atoms with E-state index in [4.69, 9.17) is 16.3 Å². The summed E-state index contributed by atoms with van der Waals surface area (Å²) in [6, 6.07) is 14.0. The van der Waals surface area contributed by atoms with Crippen LogP contribution < -0.4 is 0 Å². The van der Waals surface area contributed by atoms with Gasteiger partial charge in [0.15, 0.2) is 0 Å². The van der Waals surface area contributed by atoms with Crippen molar-refractivity contribution in [2.24, 2.45) is 7.05 Å². The third-order valence-corrected chi connectivity index (χ3v) is 6.15. The highest BCUT2D eigenvalue weighted by Gasteiger charge is 2.29. The second-order valence-electron chi connectivity index (χ2n) is 8.20. The van der Waals surface area contributed by atoms with E-state index in [1.807, 2.05) is 61.3 Å². The molecule has 0 radical (unpaired) electrons. The van der Waals surface area contributed by atoms with E-state index in [2.05, 4.69) is 15.0 Å². The molecule has 1 unspecified atom stereocenters. The van der Waals surface area contributed by atoms with Crippen LogP contribution in [0.5, 0.6) is 0 Å².